The van der Waals surface area contributed by atoms with Crippen LogP contribution in [0.2, 0.25) is 0 Å². The number of morpholine rings is 1. The summed E-state index contributed by atoms with van der Waals surface area (Å²) in [4.78, 5) is 17.1. The van der Waals surface area contributed by atoms with Crippen molar-refractivity contribution in [3.63, 3.8) is 0 Å². The van der Waals surface area contributed by atoms with Gasteiger partial charge in [-0.3, -0.25) is 9.78 Å². The van der Waals surface area contributed by atoms with Crippen molar-refractivity contribution in [1.82, 2.24) is 9.88 Å². The molecule has 1 aliphatic rings. The van der Waals surface area contributed by atoms with Crippen molar-refractivity contribution in [3.8, 4) is 0 Å². The van der Waals surface area contributed by atoms with E-state index in [2.05, 4.69) is 4.98 Å². The number of halogens is 3. The lowest BCUT2D eigenvalue weighted by molar-refractivity contribution is -0.138. The van der Waals surface area contributed by atoms with Gasteiger partial charge in [0.25, 0.3) is 5.91 Å². The number of pyridine rings is 1. The third-order valence-corrected chi connectivity index (χ3v) is 3.06. The molecule has 0 aromatic carbocycles. The predicted molar refractivity (Wildman–Crippen MR) is 65.2 cm³/mol. The number of ether oxygens (including phenoxy) is 1. The van der Waals surface area contributed by atoms with Crippen LogP contribution in [-0.4, -0.2) is 41.1 Å². The van der Waals surface area contributed by atoms with E-state index in [1.165, 1.54) is 11.1 Å². The molecule has 0 radical (unpaired) electrons. The number of hydrogen-bond donors (Lipinski definition) is 0. The molecule has 4 nitrogen and oxygen atoms in total. The second kappa shape index (κ2) is 5.40. The Morgan fingerprint density at radius 1 is 1.35 bits per heavy atom. The summed E-state index contributed by atoms with van der Waals surface area (Å²) < 4.78 is 44.2. The van der Waals surface area contributed by atoms with E-state index in [4.69, 9.17) is 4.74 Å². The lowest BCUT2D eigenvalue weighted by atomic mass is 10.1. The summed E-state index contributed by atoms with van der Waals surface area (Å²) >= 11 is 0. The summed E-state index contributed by atoms with van der Waals surface area (Å²) in [6, 6.07) is 1.11. The number of carbonyl (C=O) groups is 1. The van der Waals surface area contributed by atoms with Crippen LogP contribution in [0.3, 0.4) is 0 Å². The zero-order valence-corrected chi connectivity index (χ0v) is 11.1. The van der Waals surface area contributed by atoms with E-state index in [9.17, 15) is 18.0 Å². The topological polar surface area (TPSA) is 42.4 Å². The number of aromatic nitrogens is 1. The van der Waals surface area contributed by atoms with Crippen LogP contribution in [0, 0.1) is 0 Å². The molecule has 7 heteroatoms. The van der Waals surface area contributed by atoms with Gasteiger partial charge in [0.15, 0.2) is 0 Å². The first-order valence-electron chi connectivity index (χ1n) is 6.25. The van der Waals surface area contributed by atoms with E-state index in [0.717, 1.165) is 6.07 Å². The highest BCUT2D eigenvalue weighted by Crippen LogP contribution is 2.32. The molecule has 0 unspecified atom stereocenters. The second-order valence-corrected chi connectivity index (χ2v) is 4.89. The SMILES string of the molecule is C[C@@H]1CN(C(=O)c2ccncc2C(F)(F)F)C[C@H](C)O1. The molecule has 2 atom stereocenters. The van der Waals surface area contributed by atoms with Crippen molar-refractivity contribution in [2.24, 2.45) is 0 Å². The molecule has 0 spiro atoms. The van der Waals surface area contributed by atoms with Gasteiger partial charge in [0.2, 0.25) is 0 Å². The molecule has 1 saturated heterocycles. The molecular formula is C13H15F3N2O2. The van der Waals surface area contributed by atoms with Crippen molar-refractivity contribution in [1.29, 1.82) is 0 Å². The molecule has 0 N–H and O–H groups in total. The lowest BCUT2D eigenvalue weighted by Crippen LogP contribution is -2.48. The van der Waals surface area contributed by atoms with E-state index < -0.39 is 17.6 Å². The smallest absolute Gasteiger partial charge is 0.372 e. The van der Waals surface area contributed by atoms with Crippen molar-refractivity contribution in [3.05, 3.63) is 29.6 Å². The molecule has 0 aliphatic carbocycles. The minimum Gasteiger partial charge on any atom is -0.372 e. The van der Waals surface area contributed by atoms with Gasteiger partial charge >= 0.3 is 6.18 Å². The van der Waals surface area contributed by atoms with Gasteiger partial charge in [-0.15, -0.1) is 0 Å². The third-order valence-electron chi connectivity index (χ3n) is 3.06. The maximum absolute atomic E-state index is 12.9. The molecule has 2 rings (SSSR count). The summed E-state index contributed by atoms with van der Waals surface area (Å²) in [5.74, 6) is -0.637. The fraction of sp³-hybridized carbons (Fsp3) is 0.538. The van der Waals surface area contributed by atoms with Crippen molar-refractivity contribution in [2.75, 3.05) is 13.1 Å². The normalized spacial score (nSPS) is 23.8. The lowest BCUT2D eigenvalue weighted by Gasteiger charge is -2.35. The molecule has 1 aromatic heterocycles. The molecule has 1 fully saturated rings. The van der Waals surface area contributed by atoms with Gasteiger partial charge in [0, 0.05) is 25.5 Å². The first-order valence-corrected chi connectivity index (χ1v) is 6.25. The number of nitrogens with zero attached hydrogens (tertiary/aromatic N) is 2. The quantitative estimate of drug-likeness (QED) is 0.796. The fourth-order valence-corrected chi connectivity index (χ4v) is 2.32. The molecule has 0 saturated carbocycles. The minimum absolute atomic E-state index is 0.195. The van der Waals surface area contributed by atoms with Crippen LogP contribution < -0.4 is 0 Å². The van der Waals surface area contributed by atoms with Crippen LogP contribution in [-0.2, 0) is 10.9 Å². The summed E-state index contributed by atoms with van der Waals surface area (Å²) in [5, 5.41) is 0. The largest absolute Gasteiger partial charge is 0.418 e. The Bertz CT molecular complexity index is 495. The molecule has 110 valence electrons. The van der Waals surface area contributed by atoms with Gasteiger partial charge in [-0.25, -0.2) is 0 Å². The van der Waals surface area contributed by atoms with Gasteiger partial charge in [-0.1, -0.05) is 0 Å². The Morgan fingerprint density at radius 3 is 2.50 bits per heavy atom. The third kappa shape index (κ3) is 3.09. The van der Waals surface area contributed by atoms with Crippen molar-refractivity contribution < 1.29 is 22.7 Å². The van der Waals surface area contributed by atoms with Crippen molar-refractivity contribution >= 4 is 5.91 Å². The average Bonchev–Trinajstić information content (AvgIpc) is 2.35. The molecule has 1 aliphatic heterocycles. The first-order chi connectivity index (χ1) is 9.29. The molecule has 1 amide bonds. The van der Waals surface area contributed by atoms with Crippen LogP contribution in [0.1, 0.15) is 29.8 Å². The van der Waals surface area contributed by atoms with Crippen LogP contribution in [0.25, 0.3) is 0 Å². The highest BCUT2D eigenvalue weighted by atomic mass is 19.4. The number of amides is 1. The summed E-state index contributed by atoms with van der Waals surface area (Å²) in [6.07, 6.45) is -3.11. The van der Waals surface area contributed by atoms with Crippen LogP contribution >= 0.6 is 0 Å². The van der Waals surface area contributed by atoms with E-state index >= 15 is 0 Å². The molecule has 1 aromatic rings. The number of hydrogen-bond acceptors (Lipinski definition) is 3. The van der Waals surface area contributed by atoms with Gasteiger partial charge in [0.1, 0.15) is 0 Å². The van der Waals surface area contributed by atoms with Gasteiger partial charge in [-0.05, 0) is 19.9 Å². The number of rotatable bonds is 1. The van der Waals surface area contributed by atoms with Crippen molar-refractivity contribution in [2.45, 2.75) is 32.2 Å². The standard InChI is InChI=1S/C13H15F3N2O2/c1-8-6-18(7-9(2)20-8)12(19)10-3-4-17-5-11(10)13(14,15)16/h3-5,8-9H,6-7H2,1-2H3/t8-,9+. The Kier molecular flexibility index (Phi) is 3.99. The summed E-state index contributed by atoms with van der Waals surface area (Å²) in [7, 11) is 0. The van der Waals surface area contributed by atoms with Gasteiger partial charge in [0.05, 0.1) is 23.3 Å². The second-order valence-electron chi connectivity index (χ2n) is 4.89. The Hall–Kier alpha value is -1.63. The van der Waals surface area contributed by atoms with E-state index in [-0.39, 0.29) is 30.9 Å². The van der Waals surface area contributed by atoms with Gasteiger partial charge < -0.3 is 9.64 Å². The highest BCUT2D eigenvalue weighted by molar-refractivity contribution is 5.95. The van der Waals surface area contributed by atoms with Crippen LogP contribution in [0.5, 0.6) is 0 Å². The average molecular weight is 288 g/mol. The summed E-state index contributed by atoms with van der Waals surface area (Å²) in [6.45, 7) is 4.13. The molecule has 0 bridgehead atoms. The fourth-order valence-electron chi connectivity index (χ4n) is 2.32. The van der Waals surface area contributed by atoms with E-state index in [1.54, 1.807) is 13.8 Å². The Labute approximate surface area is 114 Å². The van der Waals surface area contributed by atoms with E-state index in [1.807, 2.05) is 0 Å². The summed E-state index contributed by atoms with van der Waals surface area (Å²) in [5.41, 5.74) is -1.37. The zero-order valence-electron chi connectivity index (χ0n) is 11.1. The van der Waals surface area contributed by atoms with Crippen LogP contribution in [0.15, 0.2) is 18.5 Å². The minimum atomic E-state index is -4.59. The molecular weight excluding hydrogens is 273 g/mol. The maximum atomic E-state index is 12.9. The Morgan fingerprint density at radius 2 is 1.95 bits per heavy atom. The first kappa shape index (κ1) is 14.8. The predicted octanol–water partition coefficient (Wildman–Crippen LogP) is 2.35. The number of carbonyl (C=O) groups excluding carboxylic acids is 1. The monoisotopic (exact) mass is 288 g/mol. The zero-order chi connectivity index (χ0) is 14.9. The van der Waals surface area contributed by atoms with Crippen LogP contribution in [0.4, 0.5) is 13.2 Å². The van der Waals surface area contributed by atoms with E-state index in [0.29, 0.717) is 6.20 Å². The molecule has 2 heterocycles. The Balaban J connectivity index is 2.30. The molecule has 20 heavy (non-hydrogen) atoms. The highest BCUT2D eigenvalue weighted by Gasteiger charge is 2.37. The maximum Gasteiger partial charge on any atom is 0.418 e. The van der Waals surface area contributed by atoms with Gasteiger partial charge in [-0.2, -0.15) is 13.2 Å². The number of alkyl halides is 3.